The highest BCUT2D eigenvalue weighted by molar-refractivity contribution is 5.84. The maximum absolute atomic E-state index is 13.7. The van der Waals surface area contributed by atoms with Gasteiger partial charge in [-0.25, -0.2) is 8.78 Å². The zero-order valence-corrected chi connectivity index (χ0v) is 9.40. The van der Waals surface area contributed by atoms with Crippen molar-refractivity contribution in [3.63, 3.8) is 0 Å². The second-order valence-corrected chi connectivity index (χ2v) is 4.04. The van der Waals surface area contributed by atoms with Gasteiger partial charge in [-0.3, -0.25) is 4.98 Å². The topological polar surface area (TPSA) is 12.9 Å². The molecule has 0 aliphatic heterocycles. The van der Waals surface area contributed by atoms with Gasteiger partial charge in [0.15, 0.2) is 0 Å². The number of rotatable bonds is 1. The van der Waals surface area contributed by atoms with Crippen LogP contribution in [0.3, 0.4) is 0 Å². The fourth-order valence-corrected chi connectivity index (χ4v) is 1.95. The third kappa shape index (κ3) is 1.84. The van der Waals surface area contributed by atoms with Crippen molar-refractivity contribution in [1.82, 2.24) is 4.98 Å². The SMILES string of the molecule is Fc1ccc(F)c(-c2ccc3cccnc3c2)c1. The van der Waals surface area contributed by atoms with E-state index in [1.807, 2.05) is 18.2 Å². The number of aromatic nitrogens is 1. The molecule has 0 fully saturated rings. The molecular formula is C15H9F2N. The van der Waals surface area contributed by atoms with Crippen molar-refractivity contribution in [2.45, 2.75) is 0 Å². The molecule has 0 N–H and O–H groups in total. The van der Waals surface area contributed by atoms with Gasteiger partial charge in [-0.15, -0.1) is 0 Å². The summed E-state index contributed by atoms with van der Waals surface area (Å²) in [4.78, 5) is 4.20. The predicted octanol–water partition coefficient (Wildman–Crippen LogP) is 4.18. The first-order valence-electron chi connectivity index (χ1n) is 5.54. The second kappa shape index (κ2) is 4.18. The van der Waals surface area contributed by atoms with Gasteiger partial charge in [0.2, 0.25) is 0 Å². The average molecular weight is 241 g/mol. The summed E-state index contributed by atoms with van der Waals surface area (Å²) in [5.74, 6) is -0.890. The lowest BCUT2D eigenvalue weighted by Gasteiger charge is -2.05. The summed E-state index contributed by atoms with van der Waals surface area (Å²) in [6.45, 7) is 0. The third-order valence-electron chi connectivity index (χ3n) is 2.85. The Labute approximate surface area is 103 Å². The van der Waals surface area contributed by atoms with Crippen molar-refractivity contribution in [2.75, 3.05) is 0 Å². The molecule has 18 heavy (non-hydrogen) atoms. The number of nitrogens with zero attached hydrogens (tertiary/aromatic N) is 1. The van der Waals surface area contributed by atoms with Gasteiger partial charge in [0.05, 0.1) is 5.52 Å². The number of hydrogen-bond donors (Lipinski definition) is 0. The summed E-state index contributed by atoms with van der Waals surface area (Å²) in [6.07, 6.45) is 1.67. The van der Waals surface area contributed by atoms with Gasteiger partial charge in [0, 0.05) is 17.1 Å². The van der Waals surface area contributed by atoms with Crippen LogP contribution in [0.25, 0.3) is 22.0 Å². The van der Waals surface area contributed by atoms with Crippen LogP contribution in [0.15, 0.2) is 54.7 Å². The maximum Gasteiger partial charge on any atom is 0.131 e. The van der Waals surface area contributed by atoms with Gasteiger partial charge in [0.1, 0.15) is 11.6 Å². The molecule has 1 heterocycles. The van der Waals surface area contributed by atoms with Crippen molar-refractivity contribution in [3.05, 3.63) is 66.4 Å². The van der Waals surface area contributed by atoms with Gasteiger partial charge in [-0.05, 0) is 35.9 Å². The zero-order valence-electron chi connectivity index (χ0n) is 9.40. The summed E-state index contributed by atoms with van der Waals surface area (Å²) in [5, 5.41) is 0.970. The van der Waals surface area contributed by atoms with Crippen LogP contribution in [0.5, 0.6) is 0 Å². The minimum absolute atomic E-state index is 0.252. The predicted molar refractivity (Wildman–Crippen MR) is 67.1 cm³/mol. The third-order valence-corrected chi connectivity index (χ3v) is 2.85. The normalized spacial score (nSPS) is 10.8. The number of hydrogen-bond acceptors (Lipinski definition) is 1. The Morgan fingerprint density at radius 1 is 0.889 bits per heavy atom. The highest BCUT2D eigenvalue weighted by atomic mass is 19.1. The van der Waals surface area contributed by atoms with E-state index in [1.54, 1.807) is 18.3 Å². The fourth-order valence-electron chi connectivity index (χ4n) is 1.95. The maximum atomic E-state index is 13.7. The first-order valence-corrected chi connectivity index (χ1v) is 5.54. The van der Waals surface area contributed by atoms with Crippen LogP contribution in [0, 0.1) is 11.6 Å². The summed E-state index contributed by atoms with van der Waals surface area (Å²) < 4.78 is 26.8. The molecule has 0 aliphatic carbocycles. The van der Waals surface area contributed by atoms with Crippen LogP contribution < -0.4 is 0 Å². The molecule has 0 aliphatic rings. The summed E-state index contributed by atoms with van der Waals surface area (Å²) in [6, 6.07) is 12.6. The minimum atomic E-state index is -0.451. The largest absolute Gasteiger partial charge is 0.256 e. The number of halogens is 2. The lowest BCUT2D eigenvalue weighted by atomic mass is 10.0. The molecule has 3 rings (SSSR count). The van der Waals surface area contributed by atoms with E-state index in [-0.39, 0.29) is 5.56 Å². The lowest BCUT2D eigenvalue weighted by Crippen LogP contribution is -1.87. The molecule has 3 aromatic rings. The van der Waals surface area contributed by atoms with E-state index < -0.39 is 11.6 Å². The molecule has 0 atom stereocenters. The molecule has 0 saturated carbocycles. The number of fused-ring (bicyclic) bond motifs is 1. The Morgan fingerprint density at radius 3 is 2.67 bits per heavy atom. The molecule has 88 valence electrons. The Morgan fingerprint density at radius 2 is 1.78 bits per heavy atom. The first-order chi connectivity index (χ1) is 8.74. The van der Waals surface area contributed by atoms with Crippen molar-refractivity contribution in [3.8, 4) is 11.1 Å². The van der Waals surface area contributed by atoms with E-state index in [1.165, 1.54) is 6.07 Å². The van der Waals surface area contributed by atoms with E-state index >= 15 is 0 Å². The van der Waals surface area contributed by atoms with Gasteiger partial charge in [-0.1, -0.05) is 18.2 Å². The molecule has 2 aromatic carbocycles. The molecule has 0 radical (unpaired) electrons. The van der Waals surface area contributed by atoms with Crippen LogP contribution in [-0.2, 0) is 0 Å². The molecule has 0 unspecified atom stereocenters. The molecule has 1 nitrogen and oxygen atoms in total. The van der Waals surface area contributed by atoms with Gasteiger partial charge in [0.25, 0.3) is 0 Å². The average Bonchev–Trinajstić information content (AvgIpc) is 2.41. The molecule has 0 bridgehead atoms. The Kier molecular flexibility index (Phi) is 2.52. The van der Waals surface area contributed by atoms with Crippen molar-refractivity contribution in [2.24, 2.45) is 0 Å². The zero-order chi connectivity index (χ0) is 12.5. The van der Waals surface area contributed by atoms with Gasteiger partial charge >= 0.3 is 0 Å². The van der Waals surface area contributed by atoms with Crippen molar-refractivity contribution >= 4 is 10.9 Å². The van der Waals surface area contributed by atoms with E-state index in [0.29, 0.717) is 5.56 Å². The highest BCUT2D eigenvalue weighted by Crippen LogP contribution is 2.26. The number of benzene rings is 2. The standard InChI is InChI=1S/C15H9F2N/c16-12-5-6-14(17)13(9-12)11-4-3-10-2-1-7-18-15(10)8-11/h1-9H. The van der Waals surface area contributed by atoms with Crippen LogP contribution in [0.1, 0.15) is 0 Å². The quantitative estimate of drug-likeness (QED) is 0.622. The summed E-state index contributed by atoms with van der Waals surface area (Å²) >= 11 is 0. The molecule has 0 saturated heterocycles. The van der Waals surface area contributed by atoms with Crippen molar-refractivity contribution in [1.29, 1.82) is 0 Å². The van der Waals surface area contributed by atoms with Gasteiger partial charge in [-0.2, -0.15) is 0 Å². The molecule has 3 heteroatoms. The minimum Gasteiger partial charge on any atom is -0.256 e. The van der Waals surface area contributed by atoms with Crippen LogP contribution in [-0.4, -0.2) is 4.98 Å². The molecule has 0 amide bonds. The van der Waals surface area contributed by atoms with Crippen LogP contribution in [0.4, 0.5) is 8.78 Å². The molecule has 1 aromatic heterocycles. The van der Waals surface area contributed by atoms with Crippen molar-refractivity contribution < 1.29 is 8.78 Å². The summed E-state index contributed by atoms with van der Waals surface area (Å²) in [5.41, 5.74) is 1.64. The number of pyridine rings is 1. The van der Waals surface area contributed by atoms with E-state index in [2.05, 4.69) is 4.98 Å². The lowest BCUT2D eigenvalue weighted by molar-refractivity contribution is 0.603. The van der Waals surface area contributed by atoms with E-state index in [9.17, 15) is 8.78 Å². The van der Waals surface area contributed by atoms with Crippen LogP contribution in [0.2, 0.25) is 0 Å². The smallest absolute Gasteiger partial charge is 0.131 e. The molecular weight excluding hydrogens is 232 g/mol. The highest BCUT2D eigenvalue weighted by Gasteiger charge is 2.07. The monoisotopic (exact) mass is 241 g/mol. The fraction of sp³-hybridized carbons (Fsp3) is 0. The van der Waals surface area contributed by atoms with E-state index in [0.717, 1.165) is 23.0 Å². The Balaban J connectivity index is 2.22. The van der Waals surface area contributed by atoms with Crippen LogP contribution >= 0.6 is 0 Å². The summed E-state index contributed by atoms with van der Waals surface area (Å²) in [7, 11) is 0. The van der Waals surface area contributed by atoms with Gasteiger partial charge < -0.3 is 0 Å². The van der Waals surface area contributed by atoms with E-state index in [4.69, 9.17) is 0 Å². The second-order valence-electron chi connectivity index (χ2n) is 4.04. The Bertz CT molecular complexity index is 723. The first kappa shape index (κ1) is 10.8. The molecule has 0 spiro atoms. The Hall–Kier alpha value is -2.29.